The minimum atomic E-state index is 0.220. The van der Waals surface area contributed by atoms with Crippen molar-refractivity contribution in [3.8, 4) is 11.5 Å². The number of benzene rings is 1. The maximum Gasteiger partial charge on any atom is 0.162 e. The molecule has 0 spiro atoms. The third-order valence-electron chi connectivity index (χ3n) is 2.39. The molecule has 0 atom stereocenters. The number of aromatic hydroxyl groups is 1. The van der Waals surface area contributed by atoms with Gasteiger partial charge in [-0.1, -0.05) is 12.1 Å². The van der Waals surface area contributed by atoms with Crippen LogP contribution in [0.5, 0.6) is 11.5 Å². The van der Waals surface area contributed by atoms with Gasteiger partial charge in [0.2, 0.25) is 0 Å². The van der Waals surface area contributed by atoms with Crippen LogP contribution in [-0.2, 0) is 6.54 Å². The van der Waals surface area contributed by atoms with Crippen molar-refractivity contribution in [3.05, 3.63) is 40.6 Å². The molecule has 4 heteroatoms. The molecule has 0 unspecified atom stereocenters. The molecule has 2 rings (SSSR count). The summed E-state index contributed by atoms with van der Waals surface area (Å²) in [5, 5.41) is 17.3. The Bertz CT molecular complexity index is 468. The zero-order chi connectivity index (χ0) is 12.1. The third kappa shape index (κ3) is 2.91. The molecule has 3 nitrogen and oxygen atoms in total. The van der Waals surface area contributed by atoms with Gasteiger partial charge in [-0.25, -0.2) is 0 Å². The van der Waals surface area contributed by atoms with Crippen molar-refractivity contribution in [2.75, 3.05) is 11.9 Å². The summed E-state index contributed by atoms with van der Waals surface area (Å²) >= 11 is 1.64. The van der Waals surface area contributed by atoms with Crippen LogP contribution < -0.4 is 10.1 Å². The largest absolute Gasteiger partial charge is 0.504 e. The Balaban J connectivity index is 2.07. The lowest BCUT2D eigenvalue weighted by molar-refractivity contribution is 0.317. The second-order valence-electron chi connectivity index (χ2n) is 3.56. The molecule has 90 valence electrons. The first-order valence-corrected chi connectivity index (χ1v) is 6.45. The number of phenols is 1. The molecular weight excluding hydrogens is 234 g/mol. The summed E-state index contributed by atoms with van der Waals surface area (Å²) in [5.41, 5.74) is 1.90. The Morgan fingerprint density at radius 1 is 1.35 bits per heavy atom. The first-order chi connectivity index (χ1) is 8.31. The van der Waals surface area contributed by atoms with Crippen molar-refractivity contribution >= 4 is 17.0 Å². The van der Waals surface area contributed by atoms with Gasteiger partial charge in [0.15, 0.2) is 11.5 Å². The number of anilines is 1. The van der Waals surface area contributed by atoms with Gasteiger partial charge in [-0.15, -0.1) is 0 Å². The van der Waals surface area contributed by atoms with E-state index in [1.807, 2.05) is 35.9 Å². The van der Waals surface area contributed by atoms with Crippen LogP contribution in [0, 0.1) is 0 Å². The number of phenolic OH excluding ortho intramolecular Hbond substituents is 1. The van der Waals surface area contributed by atoms with Crippen LogP contribution in [0.2, 0.25) is 0 Å². The van der Waals surface area contributed by atoms with E-state index in [0.29, 0.717) is 18.9 Å². The fourth-order valence-electron chi connectivity index (χ4n) is 1.54. The van der Waals surface area contributed by atoms with Crippen LogP contribution >= 0.6 is 11.3 Å². The molecule has 2 N–H and O–H groups in total. The Morgan fingerprint density at radius 2 is 2.24 bits per heavy atom. The van der Waals surface area contributed by atoms with Crippen LogP contribution in [-0.4, -0.2) is 11.7 Å². The minimum absolute atomic E-state index is 0.220. The fourth-order valence-corrected chi connectivity index (χ4v) is 2.16. The highest BCUT2D eigenvalue weighted by Gasteiger charge is 2.07. The summed E-state index contributed by atoms with van der Waals surface area (Å²) in [6, 6.07) is 7.55. The minimum Gasteiger partial charge on any atom is -0.504 e. The number of nitrogens with one attached hydrogen (secondary N) is 1. The number of hydrogen-bond donors (Lipinski definition) is 2. The Kier molecular flexibility index (Phi) is 3.88. The average Bonchev–Trinajstić information content (AvgIpc) is 2.83. The van der Waals surface area contributed by atoms with Crippen molar-refractivity contribution in [2.24, 2.45) is 0 Å². The zero-order valence-corrected chi connectivity index (χ0v) is 10.5. The molecule has 0 fully saturated rings. The van der Waals surface area contributed by atoms with Gasteiger partial charge >= 0.3 is 0 Å². The van der Waals surface area contributed by atoms with Gasteiger partial charge in [0.25, 0.3) is 0 Å². The SMILES string of the molecule is CCOc1cccc(CNc2ccsc2)c1O. The molecule has 0 saturated carbocycles. The van der Waals surface area contributed by atoms with E-state index in [4.69, 9.17) is 4.74 Å². The van der Waals surface area contributed by atoms with Crippen molar-refractivity contribution < 1.29 is 9.84 Å². The predicted molar refractivity (Wildman–Crippen MR) is 70.9 cm³/mol. The van der Waals surface area contributed by atoms with E-state index in [2.05, 4.69) is 5.32 Å². The molecule has 2 aromatic rings. The van der Waals surface area contributed by atoms with Gasteiger partial charge in [0.05, 0.1) is 6.61 Å². The second kappa shape index (κ2) is 5.59. The molecule has 0 aliphatic rings. The van der Waals surface area contributed by atoms with Crippen LogP contribution in [0.25, 0.3) is 0 Å². The molecule has 1 aromatic heterocycles. The lowest BCUT2D eigenvalue weighted by atomic mass is 10.2. The molecule has 0 aliphatic heterocycles. The van der Waals surface area contributed by atoms with E-state index in [-0.39, 0.29) is 5.75 Å². The van der Waals surface area contributed by atoms with E-state index >= 15 is 0 Å². The number of rotatable bonds is 5. The van der Waals surface area contributed by atoms with Gasteiger partial charge in [-0.05, 0) is 24.4 Å². The van der Waals surface area contributed by atoms with Crippen LogP contribution in [0.15, 0.2) is 35.0 Å². The maximum atomic E-state index is 9.99. The number of thiophene rings is 1. The first kappa shape index (κ1) is 11.8. The normalized spacial score (nSPS) is 10.2. The first-order valence-electron chi connectivity index (χ1n) is 5.51. The quantitative estimate of drug-likeness (QED) is 0.852. The molecule has 0 aliphatic carbocycles. The van der Waals surface area contributed by atoms with Crippen molar-refractivity contribution in [3.63, 3.8) is 0 Å². The van der Waals surface area contributed by atoms with Gasteiger partial charge < -0.3 is 15.2 Å². The lowest BCUT2D eigenvalue weighted by Gasteiger charge is -2.10. The van der Waals surface area contributed by atoms with Gasteiger partial charge in [-0.3, -0.25) is 0 Å². The second-order valence-corrected chi connectivity index (χ2v) is 4.34. The van der Waals surface area contributed by atoms with Crippen LogP contribution in [0.4, 0.5) is 5.69 Å². The molecule has 0 saturated heterocycles. The summed E-state index contributed by atoms with van der Waals surface area (Å²) in [4.78, 5) is 0. The van der Waals surface area contributed by atoms with Gasteiger partial charge in [0.1, 0.15) is 0 Å². The van der Waals surface area contributed by atoms with E-state index in [1.54, 1.807) is 17.4 Å². The summed E-state index contributed by atoms with van der Waals surface area (Å²) in [7, 11) is 0. The Labute approximate surface area is 105 Å². The monoisotopic (exact) mass is 249 g/mol. The average molecular weight is 249 g/mol. The summed E-state index contributed by atoms with van der Waals surface area (Å²) in [6.07, 6.45) is 0. The van der Waals surface area contributed by atoms with Crippen molar-refractivity contribution in [1.82, 2.24) is 0 Å². The molecule has 0 amide bonds. The highest BCUT2D eigenvalue weighted by atomic mass is 32.1. The third-order valence-corrected chi connectivity index (χ3v) is 3.07. The summed E-state index contributed by atoms with van der Waals surface area (Å²) < 4.78 is 5.34. The topological polar surface area (TPSA) is 41.5 Å². The van der Waals surface area contributed by atoms with Crippen molar-refractivity contribution in [1.29, 1.82) is 0 Å². The standard InChI is InChI=1S/C13H15NO2S/c1-2-16-12-5-3-4-10(13(12)15)8-14-11-6-7-17-9-11/h3-7,9,14-15H,2,8H2,1H3. The molecule has 1 aromatic carbocycles. The molecule has 17 heavy (non-hydrogen) atoms. The Hall–Kier alpha value is -1.68. The van der Waals surface area contributed by atoms with Gasteiger partial charge in [0, 0.05) is 23.2 Å². The van der Waals surface area contributed by atoms with Crippen LogP contribution in [0.1, 0.15) is 12.5 Å². The maximum absolute atomic E-state index is 9.99. The fraction of sp³-hybridized carbons (Fsp3) is 0.231. The summed E-state index contributed by atoms with van der Waals surface area (Å²) in [6.45, 7) is 3.04. The lowest BCUT2D eigenvalue weighted by Crippen LogP contribution is -2.00. The molecule has 0 radical (unpaired) electrons. The van der Waals surface area contributed by atoms with E-state index in [1.165, 1.54) is 0 Å². The van der Waals surface area contributed by atoms with E-state index in [9.17, 15) is 5.11 Å². The summed E-state index contributed by atoms with van der Waals surface area (Å²) in [5.74, 6) is 0.759. The van der Waals surface area contributed by atoms with Crippen molar-refractivity contribution in [2.45, 2.75) is 13.5 Å². The zero-order valence-electron chi connectivity index (χ0n) is 9.64. The van der Waals surface area contributed by atoms with Crippen LogP contribution in [0.3, 0.4) is 0 Å². The highest BCUT2D eigenvalue weighted by Crippen LogP contribution is 2.30. The number of ether oxygens (including phenoxy) is 1. The Morgan fingerprint density at radius 3 is 2.94 bits per heavy atom. The molecule has 1 heterocycles. The van der Waals surface area contributed by atoms with E-state index in [0.717, 1.165) is 11.3 Å². The molecule has 0 bridgehead atoms. The number of hydrogen-bond acceptors (Lipinski definition) is 4. The highest BCUT2D eigenvalue weighted by molar-refractivity contribution is 7.08. The predicted octanol–water partition coefficient (Wildman–Crippen LogP) is 3.46. The number of para-hydroxylation sites is 1. The molecular formula is C13H15NO2S. The van der Waals surface area contributed by atoms with Gasteiger partial charge in [-0.2, -0.15) is 11.3 Å². The smallest absolute Gasteiger partial charge is 0.162 e. The van der Waals surface area contributed by atoms with E-state index < -0.39 is 0 Å².